The van der Waals surface area contributed by atoms with Crippen molar-refractivity contribution >= 4 is 11.9 Å². The smallest absolute Gasteiger partial charge is 0.305 e. The number of aliphatic hydroxyl groups excluding tert-OH is 5. The number of carbonyl (C=O) groups is 2. The molecule has 452 valence electrons. The van der Waals surface area contributed by atoms with Crippen LogP contribution < -0.4 is 5.32 Å². The van der Waals surface area contributed by atoms with Crippen molar-refractivity contribution in [1.29, 1.82) is 0 Å². The van der Waals surface area contributed by atoms with E-state index in [9.17, 15) is 35.1 Å². The number of hydrogen-bond donors (Lipinski definition) is 6. The summed E-state index contributed by atoms with van der Waals surface area (Å²) in [5, 5.41) is 54.2. The van der Waals surface area contributed by atoms with Crippen LogP contribution in [-0.4, -0.2) is 100 Å². The average Bonchev–Trinajstić information content (AvgIpc) is 3.43. The fourth-order valence-corrected chi connectivity index (χ4v) is 10.2. The second-order valence-electron chi connectivity index (χ2n) is 22.8. The number of rotatable bonds is 57. The van der Waals surface area contributed by atoms with Crippen LogP contribution in [0.15, 0.2) is 36.5 Å². The van der Waals surface area contributed by atoms with Crippen LogP contribution in [0.4, 0.5) is 0 Å². The number of carbonyl (C=O) groups excluding carboxylic acids is 2. The van der Waals surface area contributed by atoms with Gasteiger partial charge >= 0.3 is 5.97 Å². The topological polar surface area (TPSA) is 175 Å². The fraction of sp³-hybridized carbons (Fsp3) is 0.879. The lowest BCUT2D eigenvalue weighted by Crippen LogP contribution is -2.60. The van der Waals surface area contributed by atoms with Gasteiger partial charge in [-0.1, -0.05) is 249 Å². The molecule has 0 aliphatic carbocycles. The van der Waals surface area contributed by atoms with E-state index in [0.29, 0.717) is 19.4 Å². The zero-order chi connectivity index (χ0) is 55.9. The molecular weight excluding hydrogens is 967 g/mol. The van der Waals surface area contributed by atoms with E-state index in [1.54, 1.807) is 6.08 Å². The molecule has 0 radical (unpaired) electrons. The highest BCUT2D eigenvalue weighted by atomic mass is 16.7. The van der Waals surface area contributed by atoms with Crippen LogP contribution in [0.2, 0.25) is 0 Å². The molecule has 0 saturated carbocycles. The Morgan fingerprint density at radius 2 is 0.831 bits per heavy atom. The fourth-order valence-electron chi connectivity index (χ4n) is 10.2. The molecule has 1 saturated heterocycles. The summed E-state index contributed by atoms with van der Waals surface area (Å²) in [6, 6.07) is -0.808. The first kappa shape index (κ1) is 72.9. The van der Waals surface area contributed by atoms with Crippen molar-refractivity contribution < 1.29 is 49.3 Å². The molecular formula is C66H123NO10. The van der Waals surface area contributed by atoms with E-state index in [1.165, 1.54) is 225 Å². The largest absolute Gasteiger partial charge is 0.466 e. The van der Waals surface area contributed by atoms with Crippen molar-refractivity contribution in [2.24, 2.45) is 0 Å². The summed E-state index contributed by atoms with van der Waals surface area (Å²) in [6.07, 6.45) is 59.9. The highest BCUT2D eigenvalue weighted by Gasteiger charge is 2.44. The zero-order valence-electron chi connectivity index (χ0n) is 49.9. The van der Waals surface area contributed by atoms with E-state index in [1.807, 2.05) is 6.08 Å². The minimum Gasteiger partial charge on any atom is -0.466 e. The van der Waals surface area contributed by atoms with Crippen molar-refractivity contribution in [2.45, 2.75) is 352 Å². The molecule has 77 heavy (non-hydrogen) atoms. The van der Waals surface area contributed by atoms with Crippen molar-refractivity contribution in [3.05, 3.63) is 36.5 Å². The van der Waals surface area contributed by atoms with E-state index >= 15 is 0 Å². The summed E-state index contributed by atoms with van der Waals surface area (Å²) >= 11 is 0. The molecule has 0 spiro atoms. The first-order valence-electron chi connectivity index (χ1n) is 32.8. The highest BCUT2D eigenvalue weighted by Crippen LogP contribution is 2.23. The molecule has 1 rings (SSSR count). The second-order valence-corrected chi connectivity index (χ2v) is 22.8. The van der Waals surface area contributed by atoms with Gasteiger partial charge in [-0.15, -0.1) is 0 Å². The summed E-state index contributed by atoms with van der Waals surface area (Å²) in [7, 11) is 0. The molecule has 7 unspecified atom stereocenters. The van der Waals surface area contributed by atoms with Crippen LogP contribution in [-0.2, 0) is 23.8 Å². The third kappa shape index (κ3) is 45.2. The van der Waals surface area contributed by atoms with Crippen molar-refractivity contribution in [2.75, 3.05) is 19.8 Å². The molecule has 6 N–H and O–H groups in total. The number of allylic oxidation sites excluding steroid dienone is 5. The van der Waals surface area contributed by atoms with Gasteiger partial charge in [0, 0.05) is 12.8 Å². The number of amides is 1. The van der Waals surface area contributed by atoms with E-state index in [2.05, 4.69) is 43.5 Å². The molecule has 11 heteroatoms. The van der Waals surface area contributed by atoms with Crippen LogP contribution in [0.3, 0.4) is 0 Å². The first-order valence-corrected chi connectivity index (χ1v) is 32.8. The summed E-state index contributed by atoms with van der Waals surface area (Å²) in [5.41, 5.74) is 0. The third-order valence-corrected chi connectivity index (χ3v) is 15.5. The van der Waals surface area contributed by atoms with E-state index < -0.39 is 49.5 Å². The number of unbranched alkanes of at least 4 members (excludes halogenated alkanes) is 39. The van der Waals surface area contributed by atoms with E-state index in [-0.39, 0.29) is 18.5 Å². The molecule has 11 nitrogen and oxygen atoms in total. The Labute approximate surface area is 473 Å². The Morgan fingerprint density at radius 3 is 1.27 bits per heavy atom. The average molecular weight is 1090 g/mol. The Kier molecular flexibility index (Phi) is 52.8. The number of hydrogen-bond acceptors (Lipinski definition) is 10. The Balaban J connectivity index is 1.95. The third-order valence-electron chi connectivity index (χ3n) is 15.5. The van der Waals surface area contributed by atoms with Crippen LogP contribution >= 0.6 is 0 Å². The van der Waals surface area contributed by atoms with Gasteiger partial charge in [0.15, 0.2) is 6.29 Å². The van der Waals surface area contributed by atoms with Gasteiger partial charge in [0.05, 0.1) is 32.0 Å². The monoisotopic (exact) mass is 1090 g/mol. The molecule has 1 aliphatic rings. The summed E-state index contributed by atoms with van der Waals surface area (Å²) in [5.74, 6) is -0.187. The summed E-state index contributed by atoms with van der Waals surface area (Å²) in [6.45, 7) is 4.30. The quantitative estimate of drug-likeness (QED) is 0.0195. The number of esters is 1. The van der Waals surface area contributed by atoms with Gasteiger partial charge in [0.25, 0.3) is 0 Å². The predicted molar refractivity (Wildman–Crippen MR) is 320 cm³/mol. The normalized spacial score (nSPS) is 18.8. The standard InChI is InChI=1S/C66H123NO10/c1-3-5-7-9-11-13-14-34-38-42-46-50-54-62(71)75-55-51-47-43-39-35-32-30-28-26-24-22-20-18-16-15-17-19-21-23-25-27-29-31-33-37-41-45-49-53-61(70)67-58(59(69)52-48-44-40-36-12-10-8-6-4-2)57-76-66-65(74)64(73)63(72)60(56-68)77-66/h11,13,15-16,48,52,58-60,63-66,68-69,72-74H,3-10,12,14,17-47,49-51,53-57H2,1-2H3,(H,67,70)/b13-11-,16-15-,52-48+. The summed E-state index contributed by atoms with van der Waals surface area (Å²) in [4.78, 5) is 25.0. The first-order chi connectivity index (χ1) is 37.7. The van der Waals surface area contributed by atoms with Crippen molar-refractivity contribution in [3.8, 4) is 0 Å². The van der Waals surface area contributed by atoms with Crippen LogP contribution in [0.1, 0.15) is 309 Å². The number of ether oxygens (including phenoxy) is 3. The molecule has 0 aromatic rings. The Morgan fingerprint density at radius 1 is 0.468 bits per heavy atom. The second kappa shape index (κ2) is 55.8. The molecule has 7 atom stereocenters. The maximum Gasteiger partial charge on any atom is 0.305 e. The van der Waals surface area contributed by atoms with Gasteiger partial charge in [-0.3, -0.25) is 9.59 Å². The Hall–Kier alpha value is -2.12. The van der Waals surface area contributed by atoms with E-state index in [4.69, 9.17) is 14.2 Å². The van der Waals surface area contributed by atoms with Gasteiger partial charge in [-0.2, -0.15) is 0 Å². The lowest BCUT2D eigenvalue weighted by Gasteiger charge is -2.40. The van der Waals surface area contributed by atoms with Crippen molar-refractivity contribution in [1.82, 2.24) is 5.32 Å². The molecule has 1 fully saturated rings. The van der Waals surface area contributed by atoms with Gasteiger partial charge in [-0.05, 0) is 83.5 Å². The predicted octanol–water partition coefficient (Wildman–Crippen LogP) is 15.8. The lowest BCUT2D eigenvalue weighted by molar-refractivity contribution is -0.302. The maximum absolute atomic E-state index is 13.0. The molecule has 1 aliphatic heterocycles. The minimum atomic E-state index is -1.57. The maximum atomic E-state index is 13.0. The highest BCUT2D eigenvalue weighted by molar-refractivity contribution is 5.76. The zero-order valence-corrected chi connectivity index (χ0v) is 49.9. The van der Waals surface area contributed by atoms with Crippen LogP contribution in [0.5, 0.6) is 0 Å². The summed E-state index contributed by atoms with van der Waals surface area (Å²) < 4.78 is 16.7. The van der Waals surface area contributed by atoms with Crippen LogP contribution in [0.25, 0.3) is 0 Å². The van der Waals surface area contributed by atoms with Gasteiger partial charge < -0.3 is 45.1 Å². The van der Waals surface area contributed by atoms with Gasteiger partial charge in [0.1, 0.15) is 24.4 Å². The van der Waals surface area contributed by atoms with E-state index in [0.717, 1.165) is 57.8 Å². The van der Waals surface area contributed by atoms with Crippen LogP contribution in [0, 0.1) is 0 Å². The SMILES string of the molecule is CCCCC/C=C\CCCCCCCC(=O)OCCCCCCCCCCCCCC/C=C\CCCCCCCCCCCCCCC(=O)NC(COC1OC(CO)C(O)C(O)C1O)C(O)/C=C/CCCCCCCCC. The number of nitrogens with one attached hydrogen (secondary N) is 1. The Bertz CT molecular complexity index is 1370. The number of aliphatic hydroxyl groups is 5. The molecule has 0 aromatic heterocycles. The van der Waals surface area contributed by atoms with Gasteiger partial charge in [-0.25, -0.2) is 0 Å². The minimum absolute atomic E-state index is 0.00354. The molecule has 0 bridgehead atoms. The molecule has 1 heterocycles. The van der Waals surface area contributed by atoms with Crippen molar-refractivity contribution in [3.63, 3.8) is 0 Å². The lowest BCUT2D eigenvalue weighted by atomic mass is 9.99. The van der Waals surface area contributed by atoms with Gasteiger partial charge in [0.2, 0.25) is 5.91 Å². The molecule has 0 aromatic carbocycles. The molecule has 1 amide bonds.